The van der Waals surface area contributed by atoms with Gasteiger partial charge in [0.25, 0.3) is 0 Å². The molecule has 2 aromatic rings. The summed E-state index contributed by atoms with van der Waals surface area (Å²) in [5.41, 5.74) is 2.63. The van der Waals surface area contributed by atoms with Gasteiger partial charge in [-0.1, -0.05) is 30.3 Å². The number of anilines is 1. The molecule has 0 spiro atoms. The van der Waals surface area contributed by atoms with E-state index >= 15 is 0 Å². The van der Waals surface area contributed by atoms with Crippen molar-refractivity contribution in [2.45, 2.75) is 6.92 Å². The number of carboxylic acid groups (broad SMARTS) is 1. The lowest BCUT2D eigenvalue weighted by Crippen LogP contribution is -2.08. The number of carboxylic acids is 1. The van der Waals surface area contributed by atoms with Crippen LogP contribution in [0.5, 0.6) is 0 Å². The molecule has 0 aliphatic heterocycles. The Kier molecular flexibility index (Phi) is 4.51. The van der Waals surface area contributed by atoms with Crippen molar-refractivity contribution >= 4 is 23.6 Å². The minimum Gasteiger partial charge on any atom is -0.478 e. The van der Waals surface area contributed by atoms with E-state index in [1.165, 1.54) is 18.2 Å². The standard InChI is InChI=1S/C17H15NO3/c1-12-5-2-3-6-13(12)9-10-16(19)18-15-8-4-7-14(11-15)17(20)21/h2-11H,1H3,(H,18,19)(H,20,21). The van der Waals surface area contributed by atoms with Crippen LogP contribution in [-0.4, -0.2) is 17.0 Å². The maximum Gasteiger partial charge on any atom is 0.335 e. The summed E-state index contributed by atoms with van der Waals surface area (Å²) in [5.74, 6) is -1.33. The third-order valence-electron chi connectivity index (χ3n) is 2.98. The highest BCUT2D eigenvalue weighted by molar-refractivity contribution is 6.02. The van der Waals surface area contributed by atoms with Crippen molar-refractivity contribution in [3.05, 3.63) is 71.3 Å². The minimum atomic E-state index is -1.03. The van der Waals surface area contributed by atoms with E-state index in [9.17, 15) is 9.59 Å². The Morgan fingerprint density at radius 2 is 1.86 bits per heavy atom. The summed E-state index contributed by atoms with van der Waals surface area (Å²) in [5, 5.41) is 11.5. The first-order chi connectivity index (χ1) is 10.1. The third-order valence-corrected chi connectivity index (χ3v) is 2.98. The molecule has 1 amide bonds. The Morgan fingerprint density at radius 3 is 2.57 bits per heavy atom. The fraction of sp³-hybridized carbons (Fsp3) is 0.0588. The molecule has 0 unspecified atom stereocenters. The van der Waals surface area contributed by atoms with Crippen molar-refractivity contribution in [1.82, 2.24) is 0 Å². The van der Waals surface area contributed by atoms with Gasteiger partial charge in [0.15, 0.2) is 0 Å². The molecule has 2 rings (SSSR count). The van der Waals surface area contributed by atoms with Gasteiger partial charge in [-0.25, -0.2) is 4.79 Å². The van der Waals surface area contributed by atoms with E-state index in [2.05, 4.69) is 5.32 Å². The molecule has 0 atom stereocenters. The fourth-order valence-corrected chi connectivity index (χ4v) is 1.85. The highest BCUT2D eigenvalue weighted by Gasteiger charge is 2.04. The molecule has 4 nitrogen and oxygen atoms in total. The van der Waals surface area contributed by atoms with Gasteiger partial charge in [-0.3, -0.25) is 4.79 Å². The van der Waals surface area contributed by atoms with Crippen LogP contribution in [0.15, 0.2) is 54.6 Å². The lowest BCUT2D eigenvalue weighted by molar-refractivity contribution is -0.111. The van der Waals surface area contributed by atoms with E-state index < -0.39 is 5.97 Å². The SMILES string of the molecule is Cc1ccccc1C=CC(=O)Nc1cccc(C(=O)O)c1. The molecule has 0 saturated carbocycles. The Labute approximate surface area is 122 Å². The Bertz CT molecular complexity index is 705. The summed E-state index contributed by atoms with van der Waals surface area (Å²) in [6.45, 7) is 1.97. The molecule has 4 heteroatoms. The molecule has 0 aromatic heterocycles. The monoisotopic (exact) mass is 281 g/mol. The molecular formula is C17H15NO3. The van der Waals surface area contributed by atoms with E-state index in [0.717, 1.165) is 11.1 Å². The minimum absolute atomic E-state index is 0.135. The van der Waals surface area contributed by atoms with Crippen molar-refractivity contribution in [3.8, 4) is 0 Å². The molecule has 0 fully saturated rings. The molecule has 0 aliphatic rings. The van der Waals surface area contributed by atoms with E-state index in [1.54, 1.807) is 18.2 Å². The summed E-state index contributed by atoms with van der Waals surface area (Å²) in [7, 11) is 0. The topological polar surface area (TPSA) is 66.4 Å². The smallest absolute Gasteiger partial charge is 0.335 e. The molecule has 0 aliphatic carbocycles. The molecule has 0 radical (unpaired) electrons. The highest BCUT2D eigenvalue weighted by Crippen LogP contribution is 2.12. The molecule has 21 heavy (non-hydrogen) atoms. The van der Waals surface area contributed by atoms with Gasteiger partial charge < -0.3 is 10.4 Å². The summed E-state index contributed by atoms with van der Waals surface area (Å²) in [6.07, 6.45) is 3.15. The predicted molar refractivity (Wildman–Crippen MR) is 82.2 cm³/mol. The average Bonchev–Trinajstić information content (AvgIpc) is 2.46. The van der Waals surface area contributed by atoms with Crippen LogP contribution in [0.3, 0.4) is 0 Å². The number of rotatable bonds is 4. The number of carbonyl (C=O) groups is 2. The van der Waals surface area contributed by atoms with Crippen LogP contribution in [0.2, 0.25) is 0 Å². The molecule has 0 heterocycles. The summed E-state index contributed by atoms with van der Waals surface area (Å²) in [4.78, 5) is 22.7. The van der Waals surface area contributed by atoms with Gasteiger partial charge in [0.05, 0.1) is 5.56 Å². The van der Waals surface area contributed by atoms with E-state index in [1.807, 2.05) is 31.2 Å². The van der Waals surface area contributed by atoms with Crippen LogP contribution in [-0.2, 0) is 4.79 Å². The van der Waals surface area contributed by atoms with Crippen molar-refractivity contribution in [1.29, 1.82) is 0 Å². The Hall–Kier alpha value is -2.88. The second-order valence-electron chi connectivity index (χ2n) is 4.57. The quantitative estimate of drug-likeness (QED) is 0.845. The van der Waals surface area contributed by atoms with Crippen LogP contribution in [0.4, 0.5) is 5.69 Å². The molecule has 2 N–H and O–H groups in total. The lowest BCUT2D eigenvalue weighted by Gasteiger charge is -2.03. The van der Waals surface area contributed by atoms with E-state index in [0.29, 0.717) is 5.69 Å². The number of carbonyl (C=O) groups excluding carboxylic acids is 1. The van der Waals surface area contributed by atoms with Gasteiger partial charge in [-0.15, -0.1) is 0 Å². The number of benzene rings is 2. The van der Waals surface area contributed by atoms with Gasteiger partial charge >= 0.3 is 5.97 Å². The van der Waals surface area contributed by atoms with Gasteiger partial charge in [0.2, 0.25) is 5.91 Å². The number of hydrogen-bond acceptors (Lipinski definition) is 2. The Morgan fingerprint density at radius 1 is 1.10 bits per heavy atom. The average molecular weight is 281 g/mol. The van der Waals surface area contributed by atoms with Gasteiger partial charge in [0, 0.05) is 11.8 Å². The molecule has 2 aromatic carbocycles. The fourth-order valence-electron chi connectivity index (χ4n) is 1.85. The van der Waals surface area contributed by atoms with Gasteiger partial charge in [-0.05, 0) is 42.3 Å². The maximum atomic E-state index is 11.8. The molecular weight excluding hydrogens is 266 g/mol. The van der Waals surface area contributed by atoms with Crippen molar-refractivity contribution in [2.24, 2.45) is 0 Å². The number of amides is 1. The second kappa shape index (κ2) is 6.52. The lowest BCUT2D eigenvalue weighted by atomic mass is 10.1. The van der Waals surface area contributed by atoms with Gasteiger partial charge in [0.1, 0.15) is 0 Å². The van der Waals surface area contributed by atoms with Gasteiger partial charge in [-0.2, -0.15) is 0 Å². The third kappa shape index (κ3) is 4.04. The number of aromatic carboxylic acids is 1. The molecule has 0 bridgehead atoms. The highest BCUT2D eigenvalue weighted by atomic mass is 16.4. The van der Waals surface area contributed by atoms with Crippen LogP contribution < -0.4 is 5.32 Å². The summed E-state index contributed by atoms with van der Waals surface area (Å²) in [6, 6.07) is 13.8. The van der Waals surface area contributed by atoms with Crippen molar-refractivity contribution in [2.75, 3.05) is 5.32 Å². The van der Waals surface area contributed by atoms with Crippen molar-refractivity contribution < 1.29 is 14.7 Å². The number of hydrogen-bond donors (Lipinski definition) is 2. The van der Waals surface area contributed by atoms with Crippen LogP contribution in [0.25, 0.3) is 6.08 Å². The first-order valence-electron chi connectivity index (χ1n) is 6.44. The molecule has 106 valence electrons. The maximum absolute atomic E-state index is 11.8. The van der Waals surface area contributed by atoms with Crippen molar-refractivity contribution in [3.63, 3.8) is 0 Å². The summed E-state index contributed by atoms with van der Waals surface area (Å²) < 4.78 is 0. The summed E-state index contributed by atoms with van der Waals surface area (Å²) >= 11 is 0. The first kappa shape index (κ1) is 14.5. The first-order valence-corrected chi connectivity index (χ1v) is 6.44. The normalized spacial score (nSPS) is 10.5. The zero-order valence-electron chi connectivity index (χ0n) is 11.5. The largest absolute Gasteiger partial charge is 0.478 e. The van der Waals surface area contributed by atoms with Crippen LogP contribution in [0.1, 0.15) is 21.5 Å². The number of aryl methyl sites for hydroxylation is 1. The second-order valence-corrected chi connectivity index (χ2v) is 4.57. The number of nitrogens with one attached hydrogen (secondary N) is 1. The van der Waals surface area contributed by atoms with E-state index in [-0.39, 0.29) is 11.5 Å². The predicted octanol–water partition coefficient (Wildman–Crippen LogP) is 3.35. The van der Waals surface area contributed by atoms with Crippen LogP contribution >= 0.6 is 0 Å². The van der Waals surface area contributed by atoms with Crippen LogP contribution in [0, 0.1) is 6.92 Å². The zero-order valence-corrected chi connectivity index (χ0v) is 11.5. The molecule has 0 saturated heterocycles. The van der Waals surface area contributed by atoms with E-state index in [4.69, 9.17) is 5.11 Å². The Balaban J connectivity index is 2.07. The zero-order chi connectivity index (χ0) is 15.2.